The molecule has 0 bridgehead atoms. The molecule has 0 aromatic carbocycles. The molecule has 0 aromatic rings. The summed E-state index contributed by atoms with van der Waals surface area (Å²) in [4.78, 5) is 0. The summed E-state index contributed by atoms with van der Waals surface area (Å²) in [5.74, 6) is 0.0774. The van der Waals surface area contributed by atoms with Crippen molar-refractivity contribution in [2.75, 3.05) is 0 Å². The minimum atomic E-state index is 0.0774. The van der Waals surface area contributed by atoms with Gasteiger partial charge in [0.1, 0.15) is 0 Å². The van der Waals surface area contributed by atoms with Gasteiger partial charge in [-0.1, -0.05) is 70.4 Å². The van der Waals surface area contributed by atoms with Gasteiger partial charge in [-0.2, -0.15) is 5.26 Å². The van der Waals surface area contributed by atoms with E-state index in [0.717, 1.165) is 6.42 Å². The third-order valence-electron chi connectivity index (χ3n) is 3.10. The average Bonchev–Trinajstić information content (AvgIpc) is 2.35. The van der Waals surface area contributed by atoms with Crippen molar-refractivity contribution >= 4 is 0 Å². The molecule has 0 heterocycles. The lowest BCUT2D eigenvalue weighted by atomic mass is 10.1. The quantitative estimate of drug-likeness (QED) is 0.336. The zero-order valence-corrected chi connectivity index (χ0v) is 11.8. The predicted molar refractivity (Wildman–Crippen MR) is 75.8 cm³/mol. The number of hydrogen-bond donors (Lipinski definition) is 0. The molecule has 0 rings (SSSR count). The molecule has 1 heteroatoms. The lowest BCUT2D eigenvalue weighted by Crippen LogP contribution is -1.82. The van der Waals surface area contributed by atoms with Crippen molar-refractivity contribution in [3.63, 3.8) is 0 Å². The second kappa shape index (κ2) is 13.3. The summed E-state index contributed by atoms with van der Waals surface area (Å²) in [6.07, 6.45) is 17.7. The van der Waals surface area contributed by atoms with Crippen molar-refractivity contribution in [3.8, 4) is 6.07 Å². The number of nitriles is 1. The number of hydrogen-bond acceptors (Lipinski definition) is 1. The maximum Gasteiger partial charge on any atom is 0.0694 e. The molecule has 1 unspecified atom stereocenters. The maximum absolute atomic E-state index is 8.59. The first-order valence-electron chi connectivity index (χ1n) is 7.37. The summed E-state index contributed by atoms with van der Waals surface area (Å²) in [7, 11) is 0. The summed E-state index contributed by atoms with van der Waals surface area (Å²) >= 11 is 0. The van der Waals surface area contributed by atoms with Gasteiger partial charge in [-0.3, -0.25) is 0 Å². The Hall–Kier alpha value is -0.770. The van der Waals surface area contributed by atoms with Crippen LogP contribution in [0, 0.1) is 17.2 Å². The topological polar surface area (TPSA) is 23.8 Å². The van der Waals surface area contributed by atoms with Crippen LogP contribution in [0.25, 0.3) is 0 Å². The number of nitrogens with zero attached hydrogens (tertiary/aromatic N) is 1. The number of allylic oxidation sites excluding steroid dienone is 2. The second-order valence-electron chi connectivity index (χ2n) is 4.96. The summed E-state index contributed by atoms with van der Waals surface area (Å²) in [6, 6.07) is 2.21. The van der Waals surface area contributed by atoms with Gasteiger partial charge in [0.15, 0.2) is 0 Å². The van der Waals surface area contributed by atoms with Crippen molar-refractivity contribution in [3.05, 3.63) is 12.2 Å². The van der Waals surface area contributed by atoms with Gasteiger partial charge in [0.2, 0.25) is 0 Å². The third kappa shape index (κ3) is 13.2. The molecule has 0 N–H and O–H groups in total. The van der Waals surface area contributed by atoms with Crippen LogP contribution in [0.1, 0.15) is 78.1 Å². The Labute approximate surface area is 108 Å². The predicted octanol–water partition coefficient (Wildman–Crippen LogP) is 5.62. The van der Waals surface area contributed by atoms with Crippen LogP contribution in [0.5, 0.6) is 0 Å². The lowest BCUT2D eigenvalue weighted by Gasteiger charge is -2.00. The molecule has 0 aliphatic carbocycles. The Morgan fingerprint density at radius 2 is 1.47 bits per heavy atom. The van der Waals surface area contributed by atoms with Gasteiger partial charge in [-0.05, 0) is 19.8 Å². The number of rotatable bonds is 11. The molecule has 98 valence electrons. The van der Waals surface area contributed by atoms with Gasteiger partial charge in [0.05, 0.1) is 12.0 Å². The first-order chi connectivity index (χ1) is 8.31. The molecule has 0 aliphatic heterocycles. The Kier molecular flexibility index (Phi) is 12.7. The molecule has 0 fully saturated rings. The minimum absolute atomic E-state index is 0.0774. The smallest absolute Gasteiger partial charge is 0.0694 e. The van der Waals surface area contributed by atoms with Crippen LogP contribution in [0.3, 0.4) is 0 Å². The SMILES string of the molecule is CCCCCCCCCCCC=CC(C)C#N. The molecule has 0 amide bonds. The fourth-order valence-electron chi connectivity index (χ4n) is 1.92. The normalized spacial score (nSPS) is 12.8. The van der Waals surface area contributed by atoms with Crippen LogP contribution in [0.4, 0.5) is 0 Å². The van der Waals surface area contributed by atoms with Gasteiger partial charge in [0.25, 0.3) is 0 Å². The van der Waals surface area contributed by atoms with Crippen LogP contribution in [0.2, 0.25) is 0 Å². The third-order valence-corrected chi connectivity index (χ3v) is 3.10. The monoisotopic (exact) mass is 235 g/mol. The van der Waals surface area contributed by atoms with Gasteiger partial charge in [-0.25, -0.2) is 0 Å². The first-order valence-corrected chi connectivity index (χ1v) is 7.37. The summed E-state index contributed by atoms with van der Waals surface area (Å²) in [5.41, 5.74) is 0. The van der Waals surface area contributed by atoms with E-state index in [-0.39, 0.29) is 5.92 Å². The highest BCUT2D eigenvalue weighted by atomic mass is 14.2. The Morgan fingerprint density at radius 3 is 2.00 bits per heavy atom. The first kappa shape index (κ1) is 16.2. The Morgan fingerprint density at radius 1 is 0.941 bits per heavy atom. The summed E-state index contributed by atoms with van der Waals surface area (Å²) in [6.45, 7) is 4.20. The van der Waals surface area contributed by atoms with Gasteiger partial charge in [0, 0.05) is 0 Å². The van der Waals surface area contributed by atoms with E-state index >= 15 is 0 Å². The maximum atomic E-state index is 8.59. The van der Waals surface area contributed by atoms with E-state index in [0.29, 0.717) is 0 Å². The second-order valence-corrected chi connectivity index (χ2v) is 4.96. The van der Waals surface area contributed by atoms with Crippen LogP contribution < -0.4 is 0 Å². The lowest BCUT2D eigenvalue weighted by molar-refractivity contribution is 0.566. The fraction of sp³-hybridized carbons (Fsp3) is 0.812. The molecular formula is C16H29N. The van der Waals surface area contributed by atoms with Crippen molar-refractivity contribution in [1.82, 2.24) is 0 Å². The fourth-order valence-corrected chi connectivity index (χ4v) is 1.92. The molecule has 0 radical (unpaired) electrons. The van der Waals surface area contributed by atoms with E-state index in [1.54, 1.807) is 0 Å². The Bertz CT molecular complexity index is 212. The molecule has 0 saturated carbocycles. The van der Waals surface area contributed by atoms with Gasteiger partial charge < -0.3 is 0 Å². The molecule has 0 aliphatic rings. The van der Waals surface area contributed by atoms with Gasteiger partial charge in [-0.15, -0.1) is 0 Å². The van der Waals surface area contributed by atoms with E-state index in [1.165, 1.54) is 57.8 Å². The van der Waals surface area contributed by atoms with E-state index in [4.69, 9.17) is 5.26 Å². The molecule has 17 heavy (non-hydrogen) atoms. The van der Waals surface area contributed by atoms with E-state index in [2.05, 4.69) is 19.1 Å². The molecule has 0 aromatic heterocycles. The van der Waals surface area contributed by atoms with Crippen LogP contribution >= 0.6 is 0 Å². The highest BCUT2D eigenvalue weighted by Crippen LogP contribution is 2.10. The standard InChI is InChI=1S/C16H29N/c1-3-4-5-6-7-8-9-10-11-12-13-14-16(2)15-17/h13-14,16H,3-12H2,1-2H3. The molecule has 0 saturated heterocycles. The highest BCUT2D eigenvalue weighted by Gasteiger charge is 1.92. The van der Waals surface area contributed by atoms with Crippen molar-refractivity contribution in [1.29, 1.82) is 5.26 Å². The van der Waals surface area contributed by atoms with E-state index in [1.807, 2.05) is 13.0 Å². The molecule has 1 atom stereocenters. The molecular weight excluding hydrogens is 206 g/mol. The van der Waals surface area contributed by atoms with Gasteiger partial charge >= 0.3 is 0 Å². The highest BCUT2D eigenvalue weighted by molar-refractivity contribution is 4.97. The van der Waals surface area contributed by atoms with Crippen molar-refractivity contribution < 1.29 is 0 Å². The molecule has 1 nitrogen and oxygen atoms in total. The van der Waals surface area contributed by atoms with Crippen molar-refractivity contribution in [2.45, 2.75) is 78.1 Å². The average molecular weight is 235 g/mol. The van der Waals surface area contributed by atoms with Crippen LogP contribution in [-0.4, -0.2) is 0 Å². The summed E-state index contributed by atoms with van der Waals surface area (Å²) in [5, 5.41) is 8.59. The largest absolute Gasteiger partial charge is 0.198 e. The van der Waals surface area contributed by atoms with Crippen LogP contribution in [0.15, 0.2) is 12.2 Å². The molecule has 0 spiro atoms. The van der Waals surface area contributed by atoms with E-state index in [9.17, 15) is 0 Å². The van der Waals surface area contributed by atoms with Crippen LogP contribution in [-0.2, 0) is 0 Å². The zero-order chi connectivity index (χ0) is 12.8. The zero-order valence-electron chi connectivity index (χ0n) is 11.8. The Balaban J connectivity index is 3.09. The number of unbranched alkanes of at least 4 members (excludes halogenated alkanes) is 9. The van der Waals surface area contributed by atoms with Crippen molar-refractivity contribution in [2.24, 2.45) is 5.92 Å². The summed E-state index contributed by atoms with van der Waals surface area (Å²) < 4.78 is 0. The minimum Gasteiger partial charge on any atom is -0.198 e. The van der Waals surface area contributed by atoms with E-state index < -0.39 is 0 Å².